The Kier molecular flexibility index (Phi) is 64.9. The maximum atomic E-state index is 12.5. The van der Waals surface area contributed by atoms with Crippen molar-refractivity contribution in [2.75, 3.05) is 13.2 Å². The van der Waals surface area contributed by atoms with E-state index in [2.05, 4.69) is 55.6 Å². The van der Waals surface area contributed by atoms with Gasteiger partial charge in [0, 0.05) is 12.8 Å². The lowest BCUT2D eigenvalue weighted by Gasteiger charge is -2.22. The number of hydrogen-bond donors (Lipinski definition) is 3. The van der Waals surface area contributed by atoms with Gasteiger partial charge in [0.25, 0.3) is 0 Å². The van der Waals surface area contributed by atoms with Gasteiger partial charge in [0.05, 0.1) is 25.4 Å². The molecule has 0 bridgehead atoms. The predicted molar refractivity (Wildman–Crippen MR) is 338 cm³/mol. The first-order valence-electron chi connectivity index (χ1n) is 34.7. The van der Waals surface area contributed by atoms with E-state index in [9.17, 15) is 19.8 Å². The summed E-state index contributed by atoms with van der Waals surface area (Å²) in [6, 6.07) is -0.548. The molecule has 0 aliphatic heterocycles. The molecule has 0 fully saturated rings. The average molecular weight is 1080 g/mol. The number of ether oxygens (including phenoxy) is 1. The molecule has 2 unspecified atom stereocenters. The summed E-state index contributed by atoms with van der Waals surface area (Å²) in [5.74, 6) is -0.0366. The molecule has 0 heterocycles. The van der Waals surface area contributed by atoms with Gasteiger partial charge in [-0.15, -0.1) is 0 Å². The second-order valence-corrected chi connectivity index (χ2v) is 23.9. The fraction of sp³-hybridized carbons (Fsp3) is 0.887. The molecule has 0 rings (SSSR count). The minimum Gasteiger partial charge on any atom is -0.466 e. The predicted octanol–water partition coefficient (Wildman–Crippen LogP) is 22.3. The Morgan fingerprint density at radius 1 is 0.364 bits per heavy atom. The summed E-state index contributed by atoms with van der Waals surface area (Å²) in [6.45, 7) is 4.96. The van der Waals surface area contributed by atoms with E-state index in [1.54, 1.807) is 0 Å². The zero-order valence-electron chi connectivity index (χ0n) is 52.0. The SMILES string of the molecule is CCCCCCC/C=C\CCCCCCCC(=O)OCCCCCCCCCCC/C=C\C/C=C\CCCCCCCCCCCC(=O)NC(CO)C(O)CCCCCCCCCCCCCCCCCCCCCCC. The van der Waals surface area contributed by atoms with Crippen molar-refractivity contribution in [3.63, 3.8) is 0 Å². The van der Waals surface area contributed by atoms with Gasteiger partial charge in [0.15, 0.2) is 0 Å². The van der Waals surface area contributed by atoms with E-state index >= 15 is 0 Å². The lowest BCUT2D eigenvalue weighted by Crippen LogP contribution is -2.45. The molecule has 1 amide bonds. The fourth-order valence-electron chi connectivity index (χ4n) is 10.8. The summed E-state index contributed by atoms with van der Waals surface area (Å²) >= 11 is 0. The van der Waals surface area contributed by atoms with Gasteiger partial charge in [-0.05, 0) is 83.5 Å². The van der Waals surface area contributed by atoms with Crippen LogP contribution in [0.15, 0.2) is 36.5 Å². The smallest absolute Gasteiger partial charge is 0.305 e. The van der Waals surface area contributed by atoms with Gasteiger partial charge in [0.2, 0.25) is 5.91 Å². The maximum Gasteiger partial charge on any atom is 0.305 e. The van der Waals surface area contributed by atoms with Gasteiger partial charge in [-0.25, -0.2) is 0 Å². The van der Waals surface area contributed by atoms with Crippen LogP contribution in [0, 0.1) is 0 Å². The quantitative estimate of drug-likeness (QED) is 0.0320. The van der Waals surface area contributed by atoms with Crippen molar-refractivity contribution in [1.82, 2.24) is 5.32 Å². The number of esters is 1. The topological polar surface area (TPSA) is 95.9 Å². The molecule has 3 N–H and O–H groups in total. The van der Waals surface area contributed by atoms with Gasteiger partial charge >= 0.3 is 5.97 Å². The third-order valence-corrected chi connectivity index (χ3v) is 16.2. The molecule has 6 nitrogen and oxygen atoms in total. The largest absolute Gasteiger partial charge is 0.466 e. The Morgan fingerprint density at radius 3 is 1.00 bits per heavy atom. The molecule has 6 heteroatoms. The number of unbranched alkanes of at least 4 members (excludes halogenated alkanes) is 48. The Hall–Kier alpha value is -1.92. The molecule has 2 atom stereocenters. The molecule has 0 radical (unpaired) electrons. The Morgan fingerprint density at radius 2 is 0.649 bits per heavy atom. The molecule has 454 valence electrons. The second-order valence-electron chi connectivity index (χ2n) is 23.9. The van der Waals surface area contributed by atoms with Crippen LogP contribution >= 0.6 is 0 Å². The number of rotatable bonds is 65. The zero-order valence-corrected chi connectivity index (χ0v) is 52.0. The van der Waals surface area contributed by atoms with Crippen molar-refractivity contribution in [3.05, 3.63) is 36.5 Å². The lowest BCUT2D eigenvalue weighted by atomic mass is 10.0. The van der Waals surface area contributed by atoms with Crippen molar-refractivity contribution in [3.8, 4) is 0 Å². The number of hydrogen-bond acceptors (Lipinski definition) is 5. The number of amides is 1. The van der Waals surface area contributed by atoms with E-state index < -0.39 is 12.1 Å². The Balaban J connectivity index is 3.44. The molecule has 0 aliphatic rings. The summed E-state index contributed by atoms with van der Waals surface area (Å²) in [7, 11) is 0. The molecule has 0 aromatic heterocycles. The van der Waals surface area contributed by atoms with E-state index in [1.807, 2.05) is 0 Å². The van der Waals surface area contributed by atoms with Crippen LogP contribution in [0.3, 0.4) is 0 Å². The summed E-state index contributed by atoms with van der Waals surface area (Å²) in [6.07, 6.45) is 84.7. The third-order valence-electron chi connectivity index (χ3n) is 16.2. The Bertz CT molecular complexity index is 1250. The van der Waals surface area contributed by atoms with E-state index in [-0.39, 0.29) is 18.5 Å². The standard InChI is InChI=1S/C71H135NO5/c1-3-5-7-9-11-13-15-17-19-20-21-27-30-33-36-39-43-47-51-55-59-63-69(74)68(67-73)72-70(75)64-60-56-52-48-44-40-37-34-31-28-25-23-22-24-26-29-32-35-38-42-46-50-54-58-62-66-77-71(76)65-61-57-53-49-45-41-18-16-14-12-10-8-6-4-2/h16,18,23-26,68-69,73-74H,3-15,17,19-22,27-67H2,1-2H3,(H,72,75)/b18-16-,25-23-,26-24-. The summed E-state index contributed by atoms with van der Waals surface area (Å²) in [5.41, 5.74) is 0. The summed E-state index contributed by atoms with van der Waals surface area (Å²) < 4.78 is 5.48. The zero-order chi connectivity index (χ0) is 55.7. The highest BCUT2D eigenvalue weighted by molar-refractivity contribution is 5.76. The number of carbonyl (C=O) groups excluding carboxylic acids is 2. The molecule has 0 aromatic rings. The van der Waals surface area contributed by atoms with Crippen LogP contribution < -0.4 is 5.32 Å². The van der Waals surface area contributed by atoms with Gasteiger partial charge in [-0.1, -0.05) is 320 Å². The lowest BCUT2D eigenvalue weighted by molar-refractivity contribution is -0.143. The van der Waals surface area contributed by atoms with E-state index in [0.717, 1.165) is 51.4 Å². The minimum absolute atomic E-state index is 0.000928. The molecule has 0 saturated carbocycles. The van der Waals surface area contributed by atoms with Gasteiger partial charge in [-0.3, -0.25) is 9.59 Å². The van der Waals surface area contributed by atoms with Crippen molar-refractivity contribution in [1.29, 1.82) is 0 Å². The molecule has 0 aromatic carbocycles. The monoisotopic (exact) mass is 1080 g/mol. The maximum absolute atomic E-state index is 12.5. The van der Waals surface area contributed by atoms with Crippen LogP contribution in [-0.4, -0.2) is 47.4 Å². The highest BCUT2D eigenvalue weighted by Gasteiger charge is 2.20. The van der Waals surface area contributed by atoms with Crippen molar-refractivity contribution in [2.24, 2.45) is 0 Å². The van der Waals surface area contributed by atoms with Crippen molar-refractivity contribution >= 4 is 11.9 Å². The van der Waals surface area contributed by atoms with E-state index in [4.69, 9.17) is 4.74 Å². The first-order chi connectivity index (χ1) is 38.0. The van der Waals surface area contributed by atoms with Gasteiger partial charge in [0.1, 0.15) is 0 Å². The van der Waals surface area contributed by atoms with E-state index in [0.29, 0.717) is 25.9 Å². The molecular formula is C71H135NO5. The van der Waals surface area contributed by atoms with Crippen LogP contribution in [0.5, 0.6) is 0 Å². The minimum atomic E-state index is -0.670. The molecular weight excluding hydrogens is 947 g/mol. The normalized spacial score (nSPS) is 12.7. The Labute approximate surface area is 481 Å². The van der Waals surface area contributed by atoms with Crippen LogP contribution in [0.25, 0.3) is 0 Å². The fourth-order valence-corrected chi connectivity index (χ4v) is 10.8. The average Bonchev–Trinajstić information content (AvgIpc) is 3.43. The van der Waals surface area contributed by atoms with Crippen LogP contribution in [0.1, 0.15) is 380 Å². The molecule has 0 saturated heterocycles. The summed E-state index contributed by atoms with van der Waals surface area (Å²) in [5, 5.41) is 23.4. The third kappa shape index (κ3) is 63.1. The van der Waals surface area contributed by atoms with Crippen molar-refractivity contribution < 1.29 is 24.5 Å². The highest BCUT2D eigenvalue weighted by Crippen LogP contribution is 2.18. The summed E-state index contributed by atoms with van der Waals surface area (Å²) in [4.78, 5) is 24.6. The van der Waals surface area contributed by atoms with Crippen molar-refractivity contribution in [2.45, 2.75) is 392 Å². The number of aliphatic hydroxyl groups excluding tert-OH is 2. The number of allylic oxidation sites excluding steroid dienone is 6. The molecule has 77 heavy (non-hydrogen) atoms. The van der Waals surface area contributed by atoms with E-state index in [1.165, 1.54) is 295 Å². The van der Waals surface area contributed by atoms with Crippen LogP contribution in [0.2, 0.25) is 0 Å². The first kappa shape index (κ1) is 75.1. The van der Waals surface area contributed by atoms with Crippen LogP contribution in [-0.2, 0) is 14.3 Å². The number of carbonyl (C=O) groups is 2. The van der Waals surface area contributed by atoms with Crippen LogP contribution in [0.4, 0.5) is 0 Å². The number of nitrogens with one attached hydrogen (secondary N) is 1. The second kappa shape index (κ2) is 66.6. The molecule has 0 aliphatic carbocycles. The van der Waals surface area contributed by atoms with Gasteiger partial charge < -0.3 is 20.3 Å². The van der Waals surface area contributed by atoms with Gasteiger partial charge in [-0.2, -0.15) is 0 Å². The highest BCUT2D eigenvalue weighted by atomic mass is 16.5. The molecule has 0 spiro atoms. The first-order valence-corrected chi connectivity index (χ1v) is 34.7. The number of aliphatic hydroxyl groups is 2.